The number of hydrogen-bond donors (Lipinski definition) is 1. The quantitative estimate of drug-likeness (QED) is 0.836. The standard InChI is InChI=1S/C13H17NO2/c1-2-4-13-12(3-1)10(5-6-16-13)7-14-11-8-15-9-11/h1-4,10-11,14H,5-9H2. The molecule has 2 heterocycles. The molecule has 3 rings (SSSR count). The Bertz CT molecular complexity index is 363. The highest BCUT2D eigenvalue weighted by Crippen LogP contribution is 2.32. The summed E-state index contributed by atoms with van der Waals surface area (Å²) in [5, 5.41) is 3.55. The topological polar surface area (TPSA) is 30.5 Å². The monoisotopic (exact) mass is 219 g/mol. The molecule has 16 heavy (non-hydrogen) atoms. The van der Waals surface area contributed by atoms with Gasteiger partial charge in [0, 0.05) is 12.5 Å². The zero-order valence-corrected chi connectivity index (χ0v) is 9.32. The molecule has 0 saturated carbocycles. The van der Waals surface area contributed by atoms with Crippen molar-refractivity contribution in [1.82, 2.24) is 5.32 Å². The SMILES string of the molecule is c1ccc2c(c1)OCCC2CNC1COC1. The average Bonchev–Trinajstić information content (AvgIpc) is 2.27. The van der Waals surface area contributed by atoms with Crippen LogP contribution in [-0.4, -0.2) is 32.4 Å². The maximum Gasteiger partial charge on any atom is 0.122 e. The molecular formula is C13H17NO2. The van der Waals surface area contributed by atoms with Crippen LogP contribution in [0.4, 0.5) is 0 Å². The van der Waals surface area contributed by atoms with E-state index < -0.39 is 0 Å². The predicted octanol–water partition coefficient (Wildman–Crippen LogP) is 1.54. The zero-order chi connectivity index (χ0) is 10.8. The first kappa shape index (κ1) is 10.1. The minimum atomic E-state index is 0.565. The van der Waals surface area contributed by atoms with Gasteiger partial charge in [-0.05, 0) is 18.1 Å². The van der Waals surface area contributed by atoms with Crippen molar-refractivity contribution in [2.75, 3.05) is 26.4 Å². The summed E-state index contributed by atoms with van der Waals surface area (Å²) in [6.45, 7) is 3.61. The Hall–Kier alpha value is -1.06. The molecule has 0 aromatic heterocycles. The summed E-state index contributed by atoms with van der Waals surface area (Å²) in [5.41, 5.74) is 1.35. The Morgan fingerprint density at radius 3 is 2.94 bits per heavy atom. The highest BCUT2D eigenvalue weighted by Gasteiger charge is 2.23. The van der Waals surface area contributed by atoms with Gasteiger partial charge in [-0.3, -0.25) is 0 Å². The first-order valence-corrected chi connectivity index (χ1v) is 5.96. The van der Waals surface area contributed by atoms with Gasteiger partial charge in [0.25, 0.3) is 0 Å². The van der Waals surface area contributed by atoms with Crippen LogP contribution in [0.5, 0.6) is 5.75 Å². The maximum atomic E-state index is 5.65. The third kappa shape index (κ3) is 1.93. The Kier molecular flexibility index (Phi) is 2.80. The Labute approximate surface area is 95.8 Å². The van der Waals surface area contributed by atoms with Crippen molar-refractivity contribution in [3.8, 4) is 5.75 Å². The zero-order valence-electron chi connectivity index (χ0n) is 9.32. The summed E-state index contributed by atoms with van der Waals surface area (Å²) in [4.78, 5) is 0. The van der Waals surface area contributed by atoms with Crippen LogP contribution in [0.3, 0.4) is 0 Å². The molecule has 3 heteroatoms. The van der Waals surface area contributed by atoms with Gasteiger partial charge in [-0.1, -0.05) is 18.2 Å². The van der Waals surface area contributed by atoms with Crippen molar-refractivity contribution in [3.05, 3.63) is 29.8 Å². The number of rotatable bonds is 3. The van der Waals surface area contributed by atoms with Crippen molar-refractivity contribution in [3.63, 3.8) is 0 Å². The molecule has 1 aromatic carbocycles. The van der Waals surface area contributed by atoms with E-state index in [4.69, 9.17) is 9.47 Å². The first-order valence-electron chi connectivity index (χ1n) is 5.96. The van der Waals surface area contributed by atoms with Crippen LogP contribution in [0.15, 0.2) is 24.3 Å². The molecule has 1 fully saturated rings. The number of ether oxygens (including phenoxy) is 2. The fraction of sp³-hybridized carbons (Fsp3) is 0.538. The smallest absolute Gasteiger partial charge is 0.122 e. The number of hydrogen-bond acceptors (Lipinski definition) is 3. The molecule has 0 bridgehead atoms. The van der Waals surface area contributed by atoms with Crippen LogP contribution in [0, 0.1) is 0 Å². The highest BCUT2D eigenvalue weighted by atomic mass is 16.5. The van der Waals surface area contributed by atoms with Crippen LogP contribution in [0.2, 0.25) is 0 Å². The summed E-state index contributed by atoms with van der Waals surface area (Å²) in [7, 11) is 0. The van der Waals surface area contributed by atoms with Crippen molar-refractivity contribution in [2.24, 2.45) is 0 Å². The molecule has 1 aromatic rings. The van der Waals surface area contributed by atoms with E-state index >= 15 is 0 Å². The maximum absolute atomic E-state index is 5.65. The first-order chi connectivity index (χ1) is 7.93. The van der Waals surface area contributed by atoms with E-state index in [1.54, 1.807) is 0 Å². The van der Waals surface area contributed by atoms with Crippen molar-refractivity contribution >= 4 is 0 Å². The van der Waals surface area contributed by atoms with E-state index in [2.05, 4.69) is 23.5 Å². The Morgan fingerprint density at radius 2 is 2.12 bits per heavy atom. The van der Waals surface area contributed by atoms with Gasteiger partial charge >= 0.3 is 0 Å². The molecule has 0 radical (unpaired) electrons. The van der Waals surface area contributed by atoms with Crippen molar-refractivity contribution < 1.29 is 9.47 Å². The lowest BCUT2D eigenvalue weighted by atomic mass is 9.93. The number of fused-ring (bicyclic) bond motifs is 1. The normalized spacial score (nSPS) is 24.4. The largest absolute Gasteiger partial charge is 0.493 e. The highest BCUT2D eigenvalue weighted by molar-refractivity contribution is 5.37. The molecule has 0 aliphatic carbocycles. The molecule has 1 atom stereocenters. The van der Waals surface area contributed by atoms with Crippen LogP contribution in [0.1, 0.15) is 17.9 Å². The summed E-state index contributed by atoms with van der Waals surface area (Å²) >= 11 is 0. The molecule has 2 aliphatic heterocycles. The Balaban J connectivity index is 1.66. The van der Waals surface area contributed by atoms with Gasteiger partial charge in [0.2, 0.25) is 0 Å². The lowest BCUT2D eigenvalue weighted by Crippen LogP contribution is -2.47. The van der Waals surface area contributed by atoms with E-state index in [1.165, 1.54) is 5.56 Å². The van der Waals surface area contributed by atoms with E-state index in [9.17, 15) is 0 Å². The molecule has 1 saturated heterocycles. The molecule has 0 spiro atoms. The second kappa shape index (κ2) is 4.44. The van der Waals surface area contributed by atoms with Crippen molar-refractivity contribution in [2.45, 2.75) is 18.4 Å². The van der Waals surface area contributed by atoms with E-state index in [-0.39, 0.29) is 0 Å². The Morgan fingerprint density at radius 1 is 1.25 bits per heavy atom. The molecule has 2 aliphatic rings. The molecule has 86 valence electrons. The van der Waals surface area contributed by atoms with Crippen molar-refractivity contribution in [1.29, 1.82) is 0 Å². The average molecular weight is 219 g/mol. The lowest BCUT2D eigenvalue weighted by Gasteiger charge is -2.31. The minimum absolute atomic E-state index is 0.565. The van der Waals surface area contributed by atoms with E-state index in [0.29, 0.717) is 12.0 Å². The number of nitrogens with one attached hydrogen (secondary N) is 1. The molecule has 1 N–H and O–H groups in total. The van der Waals surface area contributed by atoms with E-state index in [1.807, 2.05) is 6.07 Å². The number of benzene rings is 1. The van der Waals surface area contributed by atoms with Crippen LogP contribution in [0.25, 0.3) is 0 Å². The van der Waals surface area contributed by atoms with Crippen LogP contribution in [-0.2, 0) is 4.74 Å². The van der Waals surface area contributed by atoms with Crippen LogP contribution < -0.4 is 10.1 Å². The van der Waals surface area contributed by atoms with Gasteiger partial charge in [-0.25, -0.2) is 0 Å². The molecule has 3 nitrogen and oxygen atoms in total. The summed E-state index contributed by atoms with van der Waals surface area (Å²) in [6.07, 6.45) is 1.11. The summed E-state index contributed by atoms with van der Waals surface area (Å²) in [5.74, 6) is 1.65. The van der Waals surface area contributed by atoms with Gasteiger partial charge in [-0.2, -0.15) is 0 Å². The number of para-hydroxylation sites is 1. The van der Waals surface area contributed by atoms with Gasteiger partial charge in [0.05, 0.1) is 25.9 Å². The summed E-state index contributed by atoms with van der Waals surface area (Å²) in [6, 6.07) is 8.93. The van der Waals surface area contributed by atoms with Crippen LogP contribution >= 0.6 is 0 Å². The lowest BCUT2D eigenvalue weighted by molar-refractivity contribution is -0.00583. The molecule has 0 amide bonds. The van der Waals surface area contributed by atoms with Gasteiger partial charge in [0.1, 0.15) is 5.75 Å². The fourth-order valence-electron chi connectivity index (χ4n) is 2.29. The third-order valence-corrected chi connectivity index (χ3v) is 3.37. The van der Waals surface area contributed by atoms with Gasteiger partial charge < -0.3 is 14.8 Å². The minimum Gasteiger partial charge on any atom is -0.493 e. The predicted molar refractivity (Wildman–Crippen MR) is 61.9 cm³/mol. The molecular weight excluding hydrogens is 202 g/mol. The second-order valence-electron chi connectivity index (χ2n) is 4.51. The second-order valence-corrected chi connectivity index (χ2v) is 4.51. The fourth-order valence-corrected chi connectivity index (χ4v) is 2.29. The molecule has 1 unspecified atom stereocenters. The summed E-state index contributed by atoms with van der Waals surface area (Å²) < 4.78 is 10.8. The third-order valence-electron chi connectivity index (χ3n) is 3.37. The van der Waals surface area contributed by atoms with Gasteiger partial charge in [-0.15, -0.1) is 0 Å². The van der Waals surface area contributed by atoms with E-state index in [0.717, 1.165) is 38.5 Å². The van der Waals surface area contributed by atoms with Gasteiger partial charge in [0.15, 0.2) is 0 Å².